The van der Waals surface area contributed by atoms with Crippen LogP contribution in [-0.2, 0) is 6.54 Å². The molecule has 0 aromatic heterocycles. The van der Waals surface area contributed by atoms with E-state index < -0.39 is 0 Å². The van der Waals surface area contributed by atoms with E-state index in [1.165, 1.54) is 18.4 Å². The summed E-state index contributed by atoms with van der Waals surface area (Å²) >= 11 is 0. The van der Waals surface area contributed by atoms with Gasteiger partial charge in [-0.2, -0.15) is 0 Å². The predicted octanol–water partition coefficient (Wildman–Crippen LogP) is 1.88. The quantitative estimate of drug-likeness (QED) is 0.878. The number of rotatable bonds is 4. The summed E-state index contributed by atoms with van der Waals surface area (Å²) < 4.78 is 5.46. The van der Waals surface area contributed by atoms with Crippen LogP contribution in [0, 0.1) is 5.92 Å². The molecule has 1 aromatic carbocycles. The van der Waals surface area contributed by atoms with Crippen molar-refractivity contribution in [2.75, 3.05) is 26.7 Å². The normalized spacial score (nSPS) is 25.1. The fourth-order valence-corrected chi connectivity index (χ4v) is 2.96. The molecule has 1 aliphatic heterocycles. The number of para-hydroxylation sites is 1. The van der Waals surface area contributed by atoms with Crippen molar-refractivity contribution in [2.45, 2.75) is 25.4 Å². The molecule has 3 rings (SSSR count). The van der Waals surface area contributed by atoms with Crippen molar-refractivity contribution in [1.29, 1.82) is 0 Å². The van der Waals surface area contributed by atoms with Gasteiger partial charge in [-0.25, -0.2) is 0 Å². The molecular weight excluding hydrogens is 224 g/mol. The Morgan fingerprint density at radius 1 is 1.33 bits per heavy atom. The van der Waals surface area contributed by atoms with Gasteiger partial charge in [0.1, 0.15) is 5.75 Å². The number of nitrogens with zero attached hydrogens (tertiary/aromatic N) is 1. The van der Waals surface area contributed by atoms with E-state index >= 15 is 0 Å². The van der Waals surface area contributed by atoms with Crippen LogP contribution in [0.1, 0.15) is 18.4 Å². The smallest absolute Gasteiger partial charge is 0.123 e. The third-order valence-corrected chi connectivity index (χ3v) is 4.13. The second-order valence-corrected chi connectivity index (χ2v) is 5.39. The molecule has 1 unspecified atom stereocenters. The van der Waals surface area contributed by atoms with Crippen LogP contribution in [0.25, 0.3) is 0 Å². The summed E-state index contributed by atoms with van der Waals surface area (Å²) in [6, 6.07) is 9.11. The van der Waals surface area contributed by atoms with Crippen LogP contribution in [-0.4, -0.2) is 37.7 Å². The Hall–Kier alpha value is -1.06. The first-order valence-electron chi connectivity index (χ1n) is 6.95. The molecule has 1 aromatic rings. The lowest BCUT2D eigenvalue weighted by Crippen LogP contribution is -2.51. The summed E-state index contributed by atoms with van der Waals surface area (Å²) in [5.41, 5.74) is 1.31. The van der Waals surface area contributed by atoms with Crippen molar-refractivity contribution < 1.29 is 4.74 Å². The molecule has 1 atom stereocenters. The minimum absolute atomic E-state index is 0.726. The van der Waals surface area contributed by atoms with Gasteiger partial charge in [-0.15, -0.1) is 0 Å². The van der Waals surface area contributed by atoms with E-state index in [4.69, 9.17) is 4.74 Å². The Morgan fingerprint density at radius 3 is 2.94 bits per heavy atom. The zero-order valence-corrected chi connectivity index (χ0v) is 11.1. The van der Waals surface area contributed by atoms with E-state index in [9.17, 15) is 0 Å². The van der Waals surface area contributed by atoms with Gasteiger partial charge in [-0.05, 0) is 24.8 Å². The van der Waals surface area contributed by atoms with Crippen LogP contribution in [0.2, 0.25) is 0 Å². The summed E-state index contributed by atoms with van der Waals surface area (Å²) in [6.07, 6.45) is 2.82. The van der Waals surface area contributed by atoms with Crippen LogP contribution >= 0.6 is 0 Å². The zero-order valence-electron chi connectivity index (χ0n) is 11.1. The third-order valence-electron chi connectivity index (χ3n) is 4.13. The highest BCUT2D eigenvalue weighted by Gasteiger charge is 2.36. The van der Waals surface area contributed by atoms with Crippen LogP contribution in [0.3, 0.4) is 0 Å². The monoisotopic (exact) mass is 246 g/mol. The second kappa shape index (κ2) is 5.29. The minimum Gasteiger partial charge on any atom is -0.496 e. The van der Waals surface area contributed by atoms with Gasteiger partial charge >= 0.3 is 0 Å². The lowest BCUT2D eigenvalue weighted by Gasteiger charge is -2.36. The maximum atomic E-state index is 5.46. The van der Waals surface area contributed by atoms with Gasteiger partial charge in [-0.1, -0.05) is 18.2 Å². The number of benzene rings is 1. The zero-order chi connectivity index (χ0) is 12.4. The Bertz CT molecular complexity index is 403. The highest BCUT2D eigenvalue weighted by atomic mass is 16.5. The van der Waals surface area contributed by atoms with Gasteiger partial charge in [0, 0.05) is 37.8 Å². The Balaban J connectivity index is 1.73. The molecule has 1 aliphatic carbocycles. The van der Waals surface area contributed by atoms with Crippen molar-refractivity contribution in [1.82, 2.24) is 10.2 Å². The van der Waals surface area contributed by atoms with E-state index in [1.54, 1.807) is 7.11 Å². The van der Waals surface area contributed by atoms with E-state index in [2.05, 4.69) is 28.4 Å². The Kier molecular flexibility index (Phi) is 3.52. The standard InChI is InChI=1S/C15H22N2O/c1-18-15-5-3-2-4-13(15)11-17-9-8-16-10-14(17)12-6-7-12/h2-5,12,14,16H,6-11H2,1H3. The summed E-state index contributed by atoms with van der Waals surface area (Å²) in [5, 5.41) is 3.53. The van der Waals surface area contributed by atoms with E-state index in [1.807, 2.05) is 6.07 Å². The van der Waals surface area contributed by atoms with Gasteiger partial charge in [0.25, 0.3) is 0 Å². The molecule has 1 saturated heterocycles. The molecule has 0 bridgehead atoms. The van der Waals surface area contributed by atoms with Gasteiger partial charge < -0.3 is 10.1 Å². The molecule has 1 heterocycles. The molecule has 0 amide bonds. The largest absolute Gasteiger partial charge is 0.496 e. The maximum absolute atomic E-state index is 5.46. The van der Waals surface area contributed by atoms with Gasteiger partial charge in [-0.3, -0.25) is 4.90 Å². The van der Waals surface area contributed by atoms with Crippen LogP contribution in [0.5, 0.6) is 5.75 Å². The molecule has 2 fully saturated rings. The van der Waals surface area contributed by atoms with E-state index in [0.717, 1.165) is 43.9 Å². The van der Waals surface area contributed by atoms with Crippen molar-refractivity contribution in [3.05, 3.63) is 29.8 Å². The third kappa shape index (κ3) is 2.52. The van der Waals surface area contributed by atoms with Crippen LogP contribution in [0.4, 0.5) is 0 Å². The van der Waals surface area contributed by atoms with Gasteiger partial charge in [0.05, 0.1) is 7.11 Å². The Morgan fingerprint density at radius 2 is 2.17 bits per heavy atom. The number of methoxy groups -OCH3 is 1. The molecule has 0 spiro atoms. The van der Waals surface area contributed by atoms with Crippen LogP contribution in [0.15, 0.2) is 24.3 Å². The molecule has 18 heavy (non-hydrogen) atoms. The number of ether oxygens (including phenoxy) is 1. The first-order chi connectivity index (χ1) is 8.88. The first-order valence-corrected chi connectivity index (χ1v) is 6.95. The lowest BCUT2D eigenvalue weighted by atomic mass is 10.1. The fourth-order valence-electron chi connectivity index (χ4n) is 2.96. The highest BCUT2D eigenvalue weighted by Crippen LogP contribution is 2.36. The molecule has 1 saturated carbocycles. The average molecular weight is 246 g/mol. The molecule has 0 radical (unpaired) electrons. The molecule has 3 heteroatoms. The average Bonchev–Trinajstić information content (AvgIpc) is 3.24. The summed E-state index contributed by atoms with van der Waals surface area (Å²) in [6.45, 7) is 4.43. The predicted molar refractivity (Wildman–Crippen MR) is 72.8 cm³/mol. The number of piperazine rings is 1. The number of nitrogens with one attached hydrogen (secondary N) is 1. The van der Waals surface area contributed by atoms with Gasteiger partial charge in [0.2, 0.25) is 0 Å². The highest BCUT2D eigenvalue weighted by molar-refractivity contribution is 5.33. The maximum Gasteiger partial charge on any atom is 0.123 e. The second-order valence-electron chi connectivity index (χ2n) is 5.39. The molecule has 1 N–H and O–H groups in total. The topological polar surface area (TPSA) is 24.5 Å². The van der Waals surface area contributed by atoms with Crippen molar-refractivity contribution in [3.63, 3.8) is 0 Å². The molecule has 2 aliphatic rings. The van der Waals surface area contributed by atoms with E-state index in [-0.39, 0.29) is 0 Å². The Labute approximate surface area is 109 Å². The number of hydrogen-bond donors (Lipinski definition) is 1. The van der Waals surface area contributed by atoms with Crippen LogP contribution < -0.4 is 10.1 Å². The first kappa shape index (κ1) is 12.0. The van der Waals surface area contributed by atoms with Crippen molar-refractivity contribution in [3.8, 4) is 5.75 Å². The summed E-state index contributed by atoms with van der Waals surface area (Å²) in [5.74, 6) is 1.94. The van der Waals surface area contributed by atoms with Crippen molar-refractivity contribution >= 4 is 0 Å². The van der Waals surface area contributed by atoms with Crippen molar-refractivity contribution in [2.24, 2.45) is 5.92 Å². The summed E-state index contributed by atoms with van der Waals surface area (Å²) in [7, 11) is 1.76. The summed E-state index contributed by atoms with van der Waals surface area (Å²) in [4.78, 5) is 2.63. The lowest BCUT2D eigenvalue weighted by molar-refractivity contribution is 0.134. The SMILES string of the molecule is COc1ccccc1CN1CCNCC1C1CC1. The molecule has 3 nitrogen and oxygen atoms in total. The minimum atomic E-state index is 0.726. The fraction of sp³-hybridized carbons (Fsp3) is 0.600. The number of hydrogen-bond acceptors (Lipinski definition) is 3. The van der Waals surface area contributed by atoms with Gasteiger partial charge in [0.15, 0.2) is 0 Å². The van der Waals surface area contributed by atoms with E-state index in [0.29, 0.717) is 0 Å². The molecular formula is C15H22N2O. The molecule has 98 valence electrons.